The van der Waals surface area contributed by atoms with Crippen LogP contribution in [0.4, 0.5) is 0 Å². The molecule has 1 saturated heterocycles. The molecule has 2 atom stereocenters. The van der Waals surface area contributed by atoms with E-state index in [1.165, 1.54) is 18.4 Å². The van der Waals surface area contributed by atoms with Crippen LogP contribution in [0.25, 0.3) is 0 Å². The molecule has 0 aromatic heterocycles. The second-order valence-corrected chi connectivity index (χ2v) is 5.77. The van der Waals surface area contributed by atoms with E-state index in [-0.39, 0.29) is 12.5 Å². The third kappa shape index (κ3) is 3.74. The van der Waals surface area contributed by atoms with Gasteiger partial charge < -0.3 is 9.84 Å². The number of benzene rings is 1. The van der Waals surface area contributed by atoms with E-state index >= 15 is 0 Å². The largest absolute Gasteiger partial charge is 0.494 e. The van der Waals surface area contributed by atoms with Crippen molar-refractivity contribution in [3.63, 3.8) is 0 Å². The van der Waals surface area contributed by atoms with Gasteiger partial charge in [0, 0.05) is 12.6 Å². The van der Waals surface area contributed by atoms with E-state index in [1.807, 2.05) is 0 Å². The van der Waals surface area contributed by atoms with E-state index in [1.54, 1.807) is 0 Å². The fourth-order valence-corrected chi connectivity index (χ4v) is 3.00. The smallest absolute Gasteiger partial charge is 0.119 e. The van der Waals surface area contributed by atoms with Gasteiger partial charge in [0.1, 0.15) is 5.75 Å². The molecule has 1 aliphatic heterocycles. The lowest BCUT2D eigenvalue weighted by Crippen LogP contribution is -2.31. The van der Waals surface area contributed by atoms with Gasteiger partial charge in [-0.25, -0.2) is 0 Å². The van der Waals surface area contributed by atoms with Crippen molar-refractivity contribution < 1.29 is 9.84 Å². The number of likely N-dealkylation sites (tertiary alicyclic amines) is 1. The van der Waals surface area contributed by atoms with Crippen LogP contribution in [0.3, 0.4) is 0 Å². The summed E-state index contributed by atoms with van der Waals surface area (Å²) in [6, 6.07) is 8.74. The molecule has 0 saturated carbocycles. The molecule has 1 aromatic rings. The minimum Gasteiger partial charge on any atom is -0.494 e. The van der Waals surface area contributed by atoms with Gasteiger partial charge in [-0.1, -0.05) is 26.0 Å². The number of hydrogen-bond acceptors (Lipinski definition) is 3. The summed E-state index contributed by atoms with van der Waals surface area (Å²) in [6.07, 6.45) is 3.57. The molecule has 20 heavy (non-hydrogen) atoms. The molecule has 2 unspecified atom stereocenters. The maximum absolute atomic E-state index is 9.55. The minimum absolute atomic E-state index is 0.231. The molecule has 1 N–H and O–H groups in total. The first-order chi connectivity index (χ1) is 9.76. The van der Waals surface area contributed by atoms with Crippen molar-refractivity contribution in [3.05, 3.63) is 29.8 Å². The Hall–Kier alpha value is -1.06. The first-order valence-corrected chi connectivity index (χ1v) is 7.84. The van der Waals surface area contributed by atoms with Gasteiger partial charge in [-0.05, 0) is 56.0 Å². The van der Waals surface area contributed by atoms with Crippen LogP contribution in [-0.2, 0) is 0 Å². The number of aliphatic hydroxyl groups is 1. The zero-order chi connectivity index (χ0) is 14.4. The van der Waals surface area contributed by atoms with Crippen LogP contribution in [0, 0.1) is 5.92 Å². The summed E-state index contributed by atoms with van der Waals surface area (Å²) >= 11 is 0. The average molecular weight is 277 g/mol. The van der Waals surface area contributed by atoms with Crippen LogP contribution in [0.2, 0.25) is 0 Å². The van der Waals surface area contributed by atoms with Crippen molar-refractivity contribution in [3.8, 4) is 5.75 Å². The third-order valence-electron chi connectivity index (χ3n) is 4.06. The molecule has 1 fully saturated rings. The monoisotopic (exact) mass is 277 g/mol. The number of ether oxygens (including phenoxy) is 1. The number of nitrogens with zero attached hydrogens (tertiary/aromatic N) is 1. The molecule has 3 heteroatoms. The van der Waals surface area contributed by atoms with Crippen molar-refractivity contribution in [2.24, 2.45) is 5.92 Å². The Bertz CT molecular complexity index is 384. The first kappa shape index (κ1) is 15.3. The second kappa shape index (κ2) is 7.65. The highest BCUT2D eigenvalue weighted by molar-refractivity contribution is 5.29. The van der Waals surface area contributed by atoms with Gasteiger partial charge >= 0.3 is 0 Å². The van der Waals surface area contributed by atoms with Crippen LogP contribution < -0.4 is 4.74 Å². The fraction of sp³-hybridized carbons (Fsp3) is 0.647. The number of rotatable bonds is 7. The van der Waals surface area contributed by atoms with E-state index in [0.29, 0.717) is 6.04 Å². The SMILES string of the molecule is CCCOc1ccc(C(C(C)CO)N2CCCC2)cc1. The Morgan fingerprint density at radius 2 is 1.85 bits per heavy atom. The molecule has 1 aromatic carbocycles. The third-order valence-corrected chi connectivity index (χ3v) is 4.06. The highest BCUT2D eigenvalue weighted by Gasteiger charge is 2.27. The quantitative estimate of drug-likeness (QED) is 0.830. The molecule has 0 bridgehead atoms. The maximum atomic E-state index is 9.55. The average Bonchev–Trinajstić information content (AvgIpc) is 3.00. The number of hydrogen-bond donors (Lipinski definition) is 1. The summed E-state index contributed by atoms with van der Waals surface area (Å²) in [6.45, 7) is 7.52. The van der Waals surface area contributed by atoms with Crippen LogP contribution in [0.5, 0.6) is 5.75 Å². The van der Waals surface area contributed by atoms with E-state index < -0.39 is 0 Å². The van der Waals surface area contributed by atoms with Crippen LogP contribution >= 0.6 is 0 Å². The topological polar surface area (TPSA) is 32.7 Å². The summed E-state index contributed by atoms with van der Waals surface area (Å²) in [7, 11) is 0. The molecular weight excluding hydrogens is 250 g/mol. The summed E-state index contributed by atoms with van der Waals surface area (Å²) < 4.78 is 5.64. The Balaban J connectivity index is 2.11. The van der Waals surface area contributed by atoms with Crippen molar-refractivity contribution in [2.45, 2.75) is 39.2 Å². The van der Waals surface area contributed by atoms with Crippen LogP contribution in [-0.4, -0.2) is 36.3 Å². The maximum Gasteiger partial charge on any atom is 0.119 e. The Kier molecular flexibility index (Phi) is 5.86. The van der Waals surface area contributed by atoms with Gasteiger partial charge in [0.2, 0.25) is 0 Å². The lowest BCUT2D eigenvalue weighted by Gasteiger charge is -2.32. The zero-order valence-electron chi connectivity index (χ0n) is 12.7. The van der Waals surface area contributed by atoms with E-state index in [0.717, 1.165) is 31.9 Å². The molecule has 0 radical (unpaired) electrons. The highest BCUT2D eigenvalue weighted by Crippen LogP contribution is 2.32. The van der Waals surface area contributed by atoms with Gasteiger partial charge in [-0.3, -0.25) is 4.90 Å². The second-order valence-electron chi connectivity index (χ2n) is 5.77. The van der Waals surface area contributed by atoms with Crippen molar-refractivity contribution in [2.75, 3.05) is 26.3 Å². The standard InChI is InChI=1S/C17H27NO2/c1-3-12-20-16-8-6-15(7-9-16)17(14(2)13-19)18-10-4-5-11-18/h6-9,14,17,19H,3-5,10-13H2,1-2H3. The summed E-state index contributed by atoms with van der Waals surface area (Å²) in [4.78, 5) is 2.50. The van der Waals surface area contributed by atoms with Gasteiger partial charge in [0.05, 0.1) is 6.61 Å². The van der Waals surface area contributed by atoms with Gasteiger partial charge in [-0.2, -0.15) is 0 Å². The Morgan fingerprint density at radius 1 is 1.20 bits per heavy atom. The predicted molar refractivity (Wildman–Crippen MR) is 82.0 cm³/mol. The lowest BCUT2D eigenvalue weighted by molar-refractivity contribution is 0.126. The van der Waals surface area contributed by atoms with Crippen molar-refractivity contribution in [1.82, 2.24) is 4.90 Å². The molecule has 0 spiro atoms. The summed E-state index contributed by atoms with van der Waals surface area (Å²) in [5, 5.41) is 9.55. The molecule has 2 rings (SSSR count). The van der Waals surface area contributed by atoms with Crippen molar-refractivity contribution in [1.29, 1.82) is 0 Å². The molecule has 112 valence electrons. The predicted octanol–water partition coefficient (Wildman–Crippen LogP) is 3.24. The van der Waals surface area contributed by atoms with E-state index in [2.05, 4.69) is 43.0 Å². The zero-order valence-corrected chi connectivity index (χ0v) is 12.7. The van der Waals surface area contributed by atoms with Gasteiger partial charge in [-0.15, -0.1) is 0 Å². The Labute approximate surface area is 122 Å². The number of aliphatic hydroxyl groups excluding tert-OH is 1. The molecule has 1 heterocycles. The Morgan fingerprint density at radius 3 is 2.40 bits per heavy atom. The van der Waals surface area contributed by atoms with E-state index in [9.17, 15) is 5.11 Å². The molecule has 0 amide bonds. The molecular formula is C17H27NO2. The minimum atomic E-state index is 0.231. The van der Waals surface area contributed by atoms with Gasteiger partial charge in [0.15, 0.2) is 0 Å². The summed E-state index contributed by atoms with van der Waals surface area (Å²) in [5.41, 5.74) is 1.29. The molecule has 3 nitrogen and oxygen atoms in total. The van der Waals surface area contributed by atoms with Crippen LogP contribution in [0.15, 0.2) is 24.3 Å². The van der Waals surface area contributed by atoms with Crippen LogP contribution in [0.1, 0.15) is 44.7 Å². The van der Waals surface area contributed by atoms with Crippen molar-refractivity contribution >= 4 is 0 Å². The van der Waals surface area contributed by atoms with E-state index in [4.69, 9.17) is 4.74 Å². The van der Waals surface area contributed by atoms with Gasteiger partial charge in [0.25, 0.3) is 0 Å². The fourth-order valence-electron chi connectivity index (χ4n) is 3.00. The lowest BCUT2D eigenvalue weighted by atomic mass is 9.93. The first-order valence-electron chi connectivity index (χ1n) is 7.84. The summed E-state index contributed by atoms with van der Waals surface area (Å²) in [5.74, 6) is 1.20. The normalized spacial score (nSPS) is 18.9. The molecule has 0 aliphatic carbocycles. The highest BCUT2D eigenvalue weighted by atomic mass is 16.5. The molecule has 1 aliphatic rings.